The molecule has 1 heterocycles. The number of rotatable bonds is 23. The van der Waals surface area contributed by atoms with E-state index in [2.05, 4.69) is 316 Å². The second-order valence-corrected chi connectivity index (χ2v) is 27.1. The fourth-order valence-corrected chi connectivity index (χ4v) is 16.5. The molecule has 2 nitrogen and oxygen atoms in total. The summed E-state index contributed by atoms with van der Waals surface area (Å²) in [6.07, 6.45) is 18.2. The Morgan fingerprint density at radius 2 is 0.691 bits per heavy atom. The first-order chi connectivity index (χ1) is 46.3. The van der Waals surface area contributed by atoms with Crippen LogP contribution in [0.2, 0.25) is 0 Å². The molecule has 464 valence electrons. The number of fused-ring (bicyclic) bond motifs is 9. The summed E-state index contributed by atoms with van der Waals surface area (Å²) in [7, 11) is 0. The Balaban J connectivity index is 0.863. The molecule has 0 unspecified atom stereocenters. The normalized spacial score (nSPS) is 13.2. The molecule has 15 rings (SSSR count). The van der Waals surface area contributed by atoms with Crippen LogP contribution >= 0.6 is 0 Å². The first kappa shape index (κ1) is 60.5. The molecule has 0 saturated heterocycles. The van der Waals surface area contributed by atoms with E-state index in [0.29, 0.717) is 0 Å². The van der Waals surface area contributed by atoms with Gasteiger partial charge in [-0.2, -0.15) is 0 Å². The number of aryl methyl sites for hydroxylation is 2. The number of aromatic nitrogens is 1. The van der Waals surface area contributed by atoms with Gasteiger partial charge >= 0.3 is 0 Å². The van der Waals surface area contributed by atoms with E-state index in [9.17, 15) is 0 Å². The molecular formula is C92H86N2. The van der Waals surface area contributed by atoms with E-state index in [1.54, 1.807) is 11.1 Å². The van der Waals surface area contributed by atoms with Crippen LogP contribution in [0.3, 0.4) is 0 Å². The van der Waals surface area contributed by atoms with Gasteiger partial charge in [-0.15, -0.1) is 0 Å². The van der Waals surface area contributed by atoms with Gasteiger partial charge in [-0.1, -0.05) is 302 Å². The van der Waals surface area contributed by atoms with E-state index in [0.717, 1.165) is 22.7 Å². The highest BCUT2D eigenvalue weighted by molar-refractivity contribution is 6.11. The third kappa shape index (κ3) is 11.0. The largest absolute Gasteiger partial charge is 0.310 e. The fourth-order valence-electron chi connectivity index (χ4n) is 16.5. The average Bonchev–Trinajstić information content (AvgIpc) is 1.53. The topological polar surface area (TPSA) is 8.17 Å². The number of hydrogen-bond acceptors (Lipinski definition) is 1. The molecule has 94 heavy (non-hydrogen) atoms. The number of anilines is 3. The molecule has 0 spiro atoms. The Morgan fingerprint density at radius 3 is 1.27 bits per heavy atom. The highest BCUT2D eigenvalue weighted by atomic mass is 15.1. The second kappa shape index (κ2) is 26.3. The highest BCUT2D eigenvalue weighted by Crippen LogP contribution is 2.59. The molecule has 0 bridgehead atoms. The zero-order chi connectivity index (χ0) is 63.6. The minimum absolute atomic E-state index is 0.00649. The molecule has 2 aliphatic carbocycles. The molecule has 2 aliphatic rings. The molecule has 13 aromatic rings. The zero-order valence-corrected chi connectivity index (χ0v) is 55.4. The van der Waals surface area contributed by atoms with Crippen molar-refractivity contribution in [3.63, 3.8) is 0 Å². The molecule has 0 aliphatic heterocycles. The summed E-state index contributed by atoms with van der Waals surface area (Å²) in [6.45, 7) is 9.21. The predicted molar refractivity (Wildman–Crippen MR) is 401 cm³/mol. The first-order valence-electron chi connectivity index (χ1n) is 35.2. The molecule has 12 aromatic carbocycles. The lowest BCUT2D eigenvalue weighted by Gasteiger charge is -2.35. The van der Waals surface area contributed by atoms with E-state index in [4.69, 9.17) is 0 Å². The molecule has 0 atom stereocenters. The smallest absolute Gasteiger partial charge is 0.0715 e. The monoisotopic (exact) mass is 1220 g/mol. The van der Waals surface area contributed by atoms with Gasteiger partial charge in [0.05, 0.1) is 16.4 Å². The van der Waals surface area contributed by atoms with E-state index >= 15 is 0 Å². The van der Waals surface area contributed by atoms with E-state index in [-0.39, 0.29) is 5.41 Å². The molecular weight excluding hydrogens is 1130 g/mol. The lowest BCUT2D eigenvalue weighted by Crippen LogP contribution is -2.29. The number of benzene rings is 12. The molecule has 0 fully saturated rings. The maximum absolute atomic E-state index is 2.64. The Hall–Kier alpha value is -9.76. The van der Waals surface area contributed by atoms with Crippen LogP contribution < -0.4 is 4.90 Å². The van der Waals surface area contributed by atoms with Crippen molar-refractivity contribution in [3.8, 4) is 61.3 Å². The molecule has 0 N–H and O–H groups in total. The third-order valence-corrected chi connectivity index (χ3v) is 21.2. The van der Waals surface area contributed by atoms with Crippen LogP contribution in [0.1, 0.15) is 148 Å². The lowest BCUT2D eigenvalue weighted by atomic mass is 9.67. The highest BCUT2D eigenvalue weighted by Gasteiger charge is 2.47. The maximum atomic E-state index is 2.64. The lowest BCUT2D eigenvalue weighted by molar-refractivity contribution is 0.398. The van der Waals surface area contributed by atoms with Crippen molar-refractivity contribution in [2.75, 3.05) is 4.90 Å². The van der Waals surface area contributed by atoms with Gasteiger partial charge < -0.3 is 9.47 Å². The first-order valence-corrected chi connectivity index (χ1v) is 35.2. The Bertz CT molecular complexity index is 4670. The Kier molecular flexibility index (Phi) is 16.9. The molecule has 1 aromatic heterocycles. The van der Waals surface area contributed by atoms with Gasteiger partial charge in [0.15, 0.2) is 0 Å². The number of nitrogens with zero attached hydrogens (tertiary/aromatic N) is 2. The minimum Gasteiger partial charge on any atom is -0.310 e. The van der Waals surface area contributed by atoms with Crippen LogP contribution in [-0.4, -0.2) is 4.57 Å². The summed E-state index contributed by atoms with van der Waals surface area (Å²) in [5, 5.41) is 2.56. The van der Waals surface area contributed by atoms with Gasteiger partial charge in [-0.3, -0.25) is 0 Å². The minimum atomic E-state index is -0.674. The van der Waals surface area contributed by atoms with E-state index in [1.807, 2.05) is 0 Å². The summed E-state index contributed by atoms with van der Waals surface area (Å²) < 4.78 is 2.55. The fraction of sp³-hybridized carbons (Fsp3) is 0.217. The van der Waals surface area contributed by atoms with Crippen LogP contribution in [0.5, 0.6) is 0 Å². The summed E-state index contributed by atoms with van der Waals surface area (Å²) in [5.41, 5.74) is 29.7. The SMILES string of the molecule is CCCCCCCCC1(CCCCCCCC)c2cc(C)ccc2-c2ccc(-c3ccc4c(c3)c3cc(C)ccc3n4-c3ccc4c(c3)C(c3ccccc3)(c3ccccc3)c3cc(N(c5ccc(-c6ccccc6)cc5)c5ccc(-c6ccccc6)cc5)ccc3-4)cc21. The van der Waals surface area contributed by atoms with E-state index in [1.165, 1.54) is 201 Å². The summed E-state index contributed by atoms with van der Waals surface area (Å²) in [6, 6.07) is 106. The van der Waals surface area contributed by atoms with Crippen molar-refractivity contribution in [1.82, 2.24) is 4.57 Å². The predicted octanol–water partition coefficient (Wildman–Crippen LogP) is 26.0. The standard InChI is InChI=1S/C92H86N2/c1-5-7-9-11-13-27-57-91(58-28-14-12-10-8-6-2)85-60-66(4)37-51-79(85)80-52-43-72(62-86(80)91)71-44-56-90-84(61-71)83-59-65(3)38-55-89(83)94(90)78-50-54-82-81-53-49-77(63-87(81)92(88(82)64-78,73-33-23-17-24-34-73)74-35-25-18-26-36-74)93(75-45-39-69(40-46-75)67-29-19-15-20-30-67)76-47-41-70(42-48-76)68-31-21-16-22-32-68/h15-26,29-56,59-64H,5-14,27-28,57-58H2,1-4H3. The Morgan fingerprint density at radius 1 is 0.298 bits per heavy atom. The van der Waals surface area contributed by atoms with E-state index < -0.39 is 5.41 Å². The summed E-state index contributed by atoms with van der Waals surface area (Å²) in [4.78, 5) is 2.44. The molecule has 0 radical (unpaired) electrons. The zero-order valence-electron chi connectivity index (χ0n) is 55.4. The van der Waals surface area contributed by atoms with Crippen LogP contribution in [0, 0.1) is 13.8 Å². The van der Waals surface area contributed by atoms with Crippen LogP contribution in [0.25, 0.3) is 83.1 Å². The maximum Gasteiger partial charge on any atom is 0.0715 e. The van der Waals surface area contributed by atoms with Crippen molar-refractivity contribution < 1.29 is 0 Å². The van der Waals surface area contributed by atoms with Crippen molar-refractivity contribution >= 4 is 38.9 Å². The quantitative estimate of drug-likeness (QED) is 0.0580. The summed E-state index contributed by atoms with van der Waals surface area (Å²) in [5.74, 6) is 0. The van der Waals surface area contributed by atoms with Gasteiger partial charge in [-0.05, 0) is 195 Å². The van der Waals surface area contributed by atoms with Crippen LogP contribution in [-0.2, 0) is 10.8 Å². The van der Waals surface area contributed by atoms with Crippen LogP contribution in [0.4, 0.5) is 17.1 Å². The summed E-state index contributed by atoms with van der Waals surface area (Å²) >= 11 is 0. The molecule has 0 amide bonds. The van der Waals surface area contributed by atoms with Crippen LogP contribution in [0.15, 0.2) is 279 Å². The van der Waals surface area contributed by atoms with Crippen molar-refractivity contribution in [1.29, 1.82) is 0 Å². The van der Waals surface area contributed by atoms with Gasteiger partial charge in [-0.25, -0.2) is 0 Å². The third-order valence-electron chi connectivity index (χ3n) is 21.2. The van der Waals surface area contributed by atoms with Gasteiger partial charge in [0, 0.05) is 38.9 Å². The number of hydrogen-bond donors (Lipinski definition) is 0. The molecule has 2 heteroatoms. The van der Waals surface area contributed by atoms with Gasteiger partial charge in [0.2, 0.25) is 0 Å². The number of unbranched alkanes of at least 4 members (excludes halogenated alkanes) is 10. The Labute approximate surface area is 558 Å². The van der Waals surface area contributed by atoms with Gasteiger partial charge in [0.1, 0.15) is 0 Å². The average molecular weight is 1220 g/mol. The van der Waals surface area contributed by atoms with Gasteiger partial charge in [0.25, 0.3) is 0 Å². The molecule has 0 saturated carbocycles. The second-order valence-electron chi connectivity index (χ2n) is 27.1. The van der Waals surface area contributed by atoms with Crippen molar-refractivity contribution in [2.24, 2.45) is 0 Å². The van der Waals surface area contributed by atoms with Crippen molar-refractivity contribution in [3.05, 3.63) is 324 Å². The van der Waals surface area contributed by atoms with Crippen molar-refractivity contribution in [2.45, 2.75) is 128 Å².